The SMILES string of the molecule is CCC1(C(=O)N[C@@H](CC(=O)OC(C)(C)C)C(=O)COc2c(F)c(F)cc(F)c2F)CC(Cc2cccc3ccccc23)=NO1. The number of nitrogens with zero attached hydrogens (tertiary/aromatic N) is 1. The average molecular weight is 617 g/mol. The van der Waals surface area contributed by atoms with Gasteiger partial charge in [-0.25, -0.2) is 8.78 Å². The molecule has 0 aliphatic carbocycles. The highest BCUT2D eigenvalue weighted by Gasteiger charge is 2.46. The fourth-order valence-corrected chi connectivity index (χ4v) is 4.79. The van der Waals surface area contributed by atoms with Gasteiger partial charge in [0.15, 0.2) is 23.2 Å². The third-order valence-electron chi connectivity index (χ3n) is 7.01. The normalized spacial score (nSPS) is 17.0. The number of carbonyl (C=O) groups is 3. The minimum Gasteiger partial charge on any atom is -0.479 e. The smallest absolute Gasteiger partial charge is 0.308 e. The van der Waals surface area contributed by atoms with Gasteiger partial charge in [0.1, 0.15) is 18.2 Å². The molecule has 2 atom stereocenters. The molecule has 3 aromatic carbocycles. The number of ketones is 1. The molecule has 234 valence electrons. The Morgan fingerprint density at radius 2 is 1.68 bits per heavy atom. The van der Waals surface area contributed by atoms with Crippen LogP contribution in [0.4, 0.5) is 17.6 Å². The van der Waals surface area contributed by atoms with Crippen LogP contribution in [0.3, 0.4) is 0 Å². The highest BCUT2D eigenvalue weighted by molar-refractivity contribution is 6.01. The van der Waals surface area contributed by atoms with Gasteiger partial charge in [0.2, 0.25) is 17.2 Å². The van der Waals surface area contributed by atoms with Crippen molar-refractivity contribution >= 4 is 34.1 Å². The van der Waals surface area contributed by atoms with E-state index in [2.05, 4.69) is 10.5 Å². The topological polar surface area (TPSA) is 103 Å². The van der Waals surface area contributed by atoms with E-state index in [0.717, 1.165) is 16.3 Å². The van der Waals surface area contributed by atoms with Crippen molar-refractivity contribution in [1.82, 2.24) is 5.32 Å². The molecule has 0 saturated carbocycles. The zero-order chi connectivity index (χ0) is 32.2. The van der Waals surface area contributed by atoms with Crippen molar-refractivity contribution in [3.8, 4) is 5.75 Å². The van der Waals surface area contributed by atoms with Crippen LogP contribution in [0.25, 0.3) is 10.8 Å². The Morgan fingerprint density at radius 3 is 2.34 bits per heavy atom. The zero-order valence-corrected chi connectivity index (χ0v) is 24.6. The number of esters is 1. The number of hydrogen-bond donors (Lipinski definition) is 1. The van der Waals surface area contributed by atoms with Crippen molar-refractivity contribution < 1.29 is 46.3 Å². The number of fused-ring (bicyclic) bond motifs is 1. The van der Waals surface area contributed by atoms with Gasteiger partial charge in [0.05, 0.1) is 12.1 Å². The number of carbonyl (C=O) groups excluding carboxylic acids is 3. The van der Waals surface area contributed by atoms with Crippen molar-refractivity contribution in [2.24, 2.45) is 5.16 Å². The Morgan fingerprint density at radius 1 is 1.02 bits per heavy atom. The number of ether oxygens (including phenoxy) is 2. The number of oxime groups is 1. The van der Waals surface area contributed by atoms with Gasteiger partial charge in [-0.3, -0.25) is 14.4 Å². The Balaban J connectivity index is 1.51. The summed E-state index contributed by atoms with van der Waals surface area (Å²) in [6.45, 7) is 5.35. The lowest BCUT2D eigenvalue weighted by Crippen LogP contribution is -2.54. The first-order valence-electron chi connectivity index (χ1n) is 13.9. The standard InChI is InChI=1S/C32H32F4N2O6/c1-5-32(16-20(38-44-32)13-19-11-8-10-18-9-6-7-12-21(18)19)30(41)37-24(15-26(40)43-31(2,3)4)25(39)17-42-29-27(35)22(33)14-23(34)28(29)36/h6-12,14,24H,5,13,15-17H2,1-4H3,(H,37,41)/t24-,32?/m0/s1. The van der Waals surface area contributed by atoms with Crippen LogP contribution in [0.5, 0.6) is 5.75 Å². The molecule has 8 nitrogen and oxygen atoms in total. The molecule has 0 spiro atoms. The summed E-state index contributed by atoms with van der Waals surface area (Å²) < 4.78 is 65.5. The number of rotatable bonds is 11. The van der Waals surface area contributed by atoms with E-state index in [4.69, 9.17) is 14.3 Å². The van der Waals surface area contributed by atoms with E-state index in [9.17, 15) is 31.9 Å². The van der Waals surface area contributed by atoms with Gasteiger partial charge in [-0.1, -0.05) is 54.5 Å². The van der Waals surface area contributed by atoms with E-state index in [1.807, 2.05) is 42.5 Å². The number of benzene rings is 3. The second-order valence-electron chi connectivity index (χ2n) is 11.5. The molecule has 3 aromatic rings. The Bertz CT molecular complexity index is 1590. The van der Waals surface area contributed by atoms with Crippen molar-refractivity contribution in [3.05, 3.63) is 77.4 Å². The number of hydrogen-bond acceptors (Lipinski definition) is 7. The van der Waals surface area contributed by atoms with Gasteiger partial charge in [0.25, 0.3) is 5.91 Å². The predicted molar refractivity (Wildman–Crippen MR) is 153 cm³/mol. The predicted octanol–water partition coefficient (Wildman–Crippen LogP) is 5.73. The van der Waals surface area contributed by atoms with Crippen LogP contribution in [0.15, 0.2) is 53.7 Å². The van der Waals surface area contributed by atoms with Crippen LogP contribution in [0.2, 0.25) is 0 Å². The monoisotopic (exact) mass is 616 g/mol. The molecular weight excluding hydrogens is 584 g/mol. The van der Waals surface area contributed by atoms with Crippen LogP contribution < -0.4 is 10.1 Å². The molecule has 44 heavy (non-hydrogen) atoms. The van der Waals surface area contributed by atoms with Gasteiger partial charge < -0.3 is 19.6 Å². The maximum Gasteiger partial charge on any atom is 0.308 e. The molecule has 0 radical (unpaired) electrons. The summed E-state index contributed by atoms with van der Waals surface area (Å²) in [4.78, 5) is 45.0. The molecule has 1 heterocycles. The summed E-state index contributed by atoms with van der Waals surface area (Å²) in [6.07, 6.45) is -0.0470. The lowest BCUT2D eigenvalue weighted by molar-refractivity contribution is -0.157. The molecule has 1 aliphatic heterocycles. The number of Topliss-reactive ketones (excluding diaryl/α,β-unsaturated/α-hetero) is 1. The molecule has 0 aromatic heterocycles. The molecule has 1 unspecified atom stereocenters. The van der Waals surface area contributed by atoms with Crippen molar-refractivity contribution in [3.63, 3.8) is 0 Å². The molecule has 0 bridgehead atoms. The van der Waals surface area contributed by atoms with E-state index >= 15 is 0 Å². The van der Waals surface area contributed by atoms with Gasteiger partial charge in [-0.05, 0) is 43.5 Å². The molecule has 0 saturated heterocycles. The number of halogens is 4. The van der Waals surface area contributed by atoms with E-state index in [1.54, 1.807) is 27.7 Å². The van der Waals surface area contributed by atoms with Crippen LogP contribution in [-0.2, 0) is 30.4 Å². The molecule has 0 fully saturated rings. The lowest BCUT2D eigenvalue weighted by Gasteiger charge is -2.27. The minimum absolute atomic E-state index is 0.00667. The van der Waals surface area contributed by atoms with Crippen LogP contribution in [-0.4, -0.2) is 47.2 Å². The van der Waals surface area contributed by atoms with Gasteiger partial charge in [0, 0.05) is 18.9 Å². The molecule has 12 heteroatoms. The fraction of sp³-hybridized carbons (Fsp3) is 0.375. The average Bonchev–Trinajstić information content (AvgIpc) is 3.39. The van der Waals surface area contributed by atoms with Crippen molar-refractivity contribution in [1.29, 1.82) is 0 Å². The Labute approximate surface area is 251 Å². The summed E-state index contributed by atoms with van der Waals surface area (Å²) in [7, 11) is 0. The maximum absolute atomic E-state index is 14.1. The van der Waals surface area contributed by atoms with Gasteiger partial charge in [-0.15, -0.1) is 0 Å². The molecular formula is C32H32F4N2O6. The third-order valence-corrected chi connectivity index (χ3v) is 7.01. The lowest BCUT2D eigenvalue weighted by atomic mass is 9.89. The van der Waals surface area contributed by atoms with E-state index < -0.39 is 76.9 Å². The largest absolute Gasteiger partial charge is 0.479 e. The maximum atomic E-state index is 14.1. The quantitative estimate of drug-likeness (QED) is 0.168. The Hall–Kier alpha value is -4.48. The fourth-order valence-electron chi connectivity index (χ4n) is 4.79. The van der Waals surface area contributed by atoms with E-state index in [1.165, 1.54) is 0 Å². The Kier molecular flexibility index (Phi) is 9.60. The molecule has 4 rings (SSSR count). The van der Waals surface area contributed by atoms with Gasteiger partial charge >= 0.3 is 5.97 Å². The van der Waals surface area contributed by atoms with Crippen LogP contribution >= 0.6 is 0 Å². The summed E-state index contributed by atoms with van der Waals surface area (Å²) in [5.41, 5.74) is -0.894. The number of amides is 1. The summed E-state index contributed by atoms with van der Waals surface area (Å²) >= 11 is 0. The molecule has 1 amide bonds. The highest BCUT2D eigenvalue weighted by atomic mass is 19.2. The van der Waals surface area contributed by atoms with Crippen LogP contribution in [0.1, 0.15) is 52.5 Å². The molecule has 1 N–H and O–H groups in total. The van der Waals surface area contributed by atoms with Crippen molar-refractivity contribution in [2.75, 3.05) is 6.61 Å². The first-order valence-corrected chi connectivity index (χ1v) is 13.9. The molecule has 1 aliphatic rings. The van der Waals surface area contributed by atoms with Crippen LogP contribution in [0, 0.1) is 23.3 Å². The first-order chi connectivity index (χ1) is 20.7. The second-order valence-corrected chi connectivity index (χ2v) is 11.5. The zero-order valence-electron chi connectivity index (χ0n) is 24.6. The second kappa shape index (κ2) is 13.0. The number of nitrogens with one attached hydrogen (secondary N) is 1. The summed E-state index contributed by atoms with van der Waals surface area (Å²) in [5, 5.41) is 8.68. The summed E-state index contributed by atoms with van der Waals surface area (Å²) in [5.74, 6) is -11.2. The minimum atomic E-state index is -1.84. The first kappa shape index (κ1) is 32.4. The van der Waals surface area contributed by atoms with E-state index in [0.29, 0.717) is 12.1 Å². The van der Waals surface area contributed by atoms with E-state index in [-0.39, 0.29) is 18.9 Å². The van der Waals surface area contributed by atoms with Crippen molar-refractivity contribution in [2.45, 2.75) is 70.6 Å². The van der Waals surface area contributed by atoms with Gasteiger partial charge in [-0.2, -0.15) is 8.78 Å². The highest BCUT2D eigenvalue weighted by Crippen LogP contribution is 2.31. The summed E-state index contributed by atoms with van der Waals surface area (Å²) in [6, 6.07) is 12.0. The third kappa shape index (κ3) is 7.35.